The Kier molecular flexibility index (Phi) is 6.48. The average Bonchev–Trinajstić information content (AvgIpc) is 3.56. The second-order valence-electron chi connectivity index (χ2n) is 8.30. The van der Waals surface area contributed by atoms with Crippen LogP contribution in [0.15, 0.2) is 84.1 Å². The van der Waals surface area contributed by atoms with Gasteiger partial charge in [-0.25, -0.2) is 5.43 Å². The molecule has 0 aliphatic heterocycles. The normalized spacial score (nSPS) is 11.2. The van der Waals surface area contributed by atoms with Gasteiger partial charge < -0.3 is 14.5 Å². The molecule has 0 fully saturated rings. The highest BCUT2D eigenvalue weighted by Crippen LogP contribution is 2.32. The third kappa shape index (κ3) is 4.97. The lowest BCUT2D eigenvalue weighted by molar-refractivity contribution is 0.0950. The first-order chi connectivity index (χ1) is 17.6. The molecule has 0 radical (unpaired) electrons. The summed E-state index contributed by atoms with van der Waals surface area (Å²) in [7, 11) is 1.59. The number of aryl methyl sites for hydroxylation is 1. The molecule has 2 heterocycles. The summed E-state index contributed by atoms with van der Waals surface area (Å²) in [4.78, 5) is 15.7. The number of methoxy groups -OCH3 is 1. The molecule has 3 N–H and O–H groups in total. The van der Waals surface area contributed by atoms with Gasteiger partial charge in [0, 0.05) is 28.2 Å². The number of amides is 1. The van der Waals surface area contributed by atoms with Crippen LogP contribution in [-0.4, -0.2) is 34.4 Å². The number of fused-ring (bicyclic) bond motifs is 1. The molecule has 0 atom stereocenters. The van der Waals surface area contributed by atoms with Gasteiger partial charge in [0.05, 0.1) is 19.0 Å². The molecule has 5 aromatic rings. The lowest BCUT2D eigenvalue weighted by Gasteiger charge is -2.12. The third-order valence-electron chi connectivity index (χ3n) is 5.79. The van der Waals surface area contributed by atoms with Crippen molar-refractivity contribution in [2.75, 3.05) is 7.11 Å². The highest BCUT2D eigenvalue weighted by molar-refractivity contribution is 6.00. The summed E-state index contributed by atoms with van der Waals surface area (Å²) in [6, 6.07) is 23.3. The minimum atomic E-state index is -0.394. The van der Waals surface area contributed by atoms with E-state index < -0.39 is 5.91 Å². The van der Waals surface area contributed by atoms with E-state index in [2.05, 4.69) is 44.8 Å². The van der Waals surface area contributed by atoms with Crippen LogP contribution < -0.4 is 14.9 Å². The van der Waals surface area contributed by atoms with E-state index in [0.717, 1.165) is 27.6 Å². The van der Waals surface area contributed by atoms with E-state index in [-0.39, 0.29) is 0 Å². The van der Waals surface area contributed by atoms with E-state index in [9.17, 15) is 4.79 Å². The number of nitrogens with zero attached hydrogens (tertiary/aromatic N) is 2. The van der Waals surface area contributed by atoms with E-state index >= 15 is 0 Å². The molecular formula is C28H25N5O3. The van der Waals surface area contributed by atoms with Crippen LogP contribution in [0.5, 0.6) is 11.5 Å². The fourth-order valence-electron chi connectivity index (χ4n) is 3.80. The molecule has 0 bridgehead atoms. The molecule has 5 rings (SSSR count). The number of H-pyrrole nitrogens is 2. The molecular weight excluding hydrogens is 454 g/mol. The summed E-state index contributed by atoms with van der Waals surface area (Å²) in [6.45, 7) is 2.48. The van der Waals surface area contributed by atoms with Crippen molar-refractivity contribution in [2.45, 2.75) is 13.5 Å². The second kappa shape index (κ2) is 10.2. The monoisotopic (exact) mass is 479 g/mol. The molecule has 0 aliphatic carbocycles. The number of aromatic amines is 2. The first-order valence-corrected chi connectivity index (χ1v) is 11.4. The minimum Gasteiger partial charge on any atom is -0.493 e. The van der Waals surface area contributed by atoms with Gasteiger partial charge in [0.1, 0.15) is 12.3 Å². The Morgan fingerprint density at radius 1 is 1.06 bits per heavy atom. The zero-order valence-corrected chi connectivity index (χ0v) is 19.9. The Morgan fingerprint density at radius 2 is 1.89 bits per heavy atom. The minimum absolute atomic E-state index is 0.291. The Labute approximate surface area is 208 Å². The number of rotatable bonds is 8. The number of hydrazone groups is 1. The van der Waals surface area contributed by atoms with Crippen molar-refractivity contribution in [3.63, 3.8) is 0 Å². The molecule has 8 heteroatoms. The molecule has 0 spiro atoms. The van der Waals surface area contributed by atoms with Crippen LogP contribution >= 0.6 is 0 Å². The topological polar surface area (TPSA) is 104 Å². The van der Waals surface area contributed by atoms with Gasteiger partial charge in [-0.05, 0) is 42.8 Å². The number of carbonyl (C=O) groups excluding carboxylic acids is 1. The number of hydrogen-bond acceptors (Lipinski definition) is 5. The van der Waals surface area contributed by atoms with Crippen molar-refractivity contribution >= 4 is 23.0 Å². The van der Waals surface area contributed by atoms with Crippen LogP contribution in [0.2, 0.25) is 0 Å². The van der Waals surface area contributed by atoms with E-state index in [1.165, 1.54) is 5.56 Å². The van der Waals surface area contributed by atoms with Gasteiger partial charge >= 0.3 is 0 Å². The lowest BCUT2D eigenvalue weighted by atomic mass is 10.1. The zero-order valence-electron chi connectivity index (χ0n) is 19.9. The molecule has 8 nitrogen and oxygen atoms in total. The van der Waals surface area contributed by atoms with Crippen LogP contribution in [0.4, 0.5) is 0 Å². The van der Waals surface area contributed by atoms with Crippen LogP contribution in [-0.2, 0) is 6.61 Å². The van der Waals surface area contributed by atoms with E-state index in [0.29, 0.717) is 29.5 Å². The van der Waals surface area contributed by atoms with Gasteiger partial charge in [-0.2, -0.15) is 10.2 Å². The Balaban J connectivity index is 1.24. The second-order valence-corrected chi connectivity index (χ2v) is 8.30. The number of hydrogen-bond donors (Lipinski definition) is 3. The van der Waals surface area contributed by atoms with Crippen LogP contribution in [0, 0.1) is 6.92 Å². The SMILES string of the molecule is COc1cc(-c2cc(C(=O)N/N=C/c3c[nH]c4ccccc34)[nH]n2)ccc1OCc1ccc(C)cc1. The third-order valence-corrected chi connectivity index (χ3v) is 5.79. The fourth-order valence-corrected chi connectivity index (χ4v) is 3.80. The predicted octanol–water partition coefficient (Wildman–Crippen LogP) is 5.22. The molecule has 3 aromatic carbocycles. The van der Waals surface area contributed by atoms with Crippen LogP contribution in [0.1, 0.15) is 27.2 Å². The summed E-state index contributed by atoms with van der Waals surface area (Å²) in [5, 5.41) is 12.2. The summed E-state index contributed by atoms with van der Waals surface area (Å²) >= 11 is 0. The maximum atomic E-state index is 12.6. The van der Waals surface area contributed by atoms with Crippen molar-refractivity contribution in [1.29, 1.82) is 0 Å². The highest BCUT2D eigenvalue weighted by atomic mass is 16.5. The molecule has 0 saturated heterocycles. The van der Waals surface area contributed by atoms with Gasteiger partial charge in [-0.1, -0.05) is 48.0 Å². The van der Waals surface area contributed by atoms with Gasteiger partial charge in [-0.15, -0.1) is 0 Å². The number of nitrogens with one attached hydrogen (secondary N) is 3. The van der Waals surface area contributed by atoms with Crippen molar-refractivity contribution in [3.8, 4) is 22.8 Å². The molecule has 0 aliphatic rings. The van der Waals surface area contributed by atoms with Crippen molar-refractivity contribution in [2.24, 2.45) is 5.10 Å². The fraction of sp³-hybridized carbons (Fsp3) is 0.107. The summed E-state index contributed by atoms with van der Waals surface area (Å²) in [5.41, 5.74) is 8.37. The maximum absolute atomic E-state index is 12.6. The number of aromatic nitrogens is 3. The molecule has 2 aromatic heterocycles. The van der Waals surface area contributed by atoms with Gasteiger partial charge in [0.2, 0.25) is 0 Å². The van der Waals surface area contributed by atoms with Gasteiger partial charge in [0.15, 0.2) is 11.5 Å². The van der Waals surface area contributed by atoms with Crippen molar-refractivity contribution < 1.29 is 14.3 Å². The van der Waals surface area contributed by atoms with E-state index in [1.54, 1.807) is 19.4 Å². The van der Waals surface area contributed by atoms with Crippen LogP contribution in [0.3, 0.4) is 0 Å². The van der Waals surface area contributed by atoms with Gasteiger partial charge in [-0.3, -0.25) is 9.89 Å². The average molecular weight is 480 g/mol. The lowest BCUT2D eigenvalue weighted by Crippen LogP contribution is -2.17. The molecule has 180 valence electrons. The van der Waals surface area contributed by atoms with Crippen molar-refractivity contribution in [3.05, 3.63) is 101 Å². The Bertz CT molecular complexity index is 1530. The summed E-state index contributed by atoms with van der Waals surface area (Å²) < 4.78 is 11.5. The summed E-state index contributed by atoms with van der Waals surface area (Å²) in [6.07, 6.45) is 3.45. The number of para-hydroxylation sites is 1. The Hall–Kier alpha value is -4.85. The highest BCUT2D eigenvalue weighted by Gasteiger charge is 2.13. The molecule has 36 heavy (non-hydrogen) atoms. The van der Waals surface area contributed by atoms with E-state index in [1.807, 2.05) is 60.8 Å². The molecule has 0 saturated carbocycles. The number of carbonyl (C=O) groups is 1. The standard InChI is InChI=1S/C28H25N5O3/c1-18-7-9-19(10-8-18)17-36-26-12-11-20(13-27(26)35-2)24-14-25(32-31-24)28(34)33-30-16-21-15-29-23-6-4-3-5-22(21)23/h3-16,29H,17H2,1-2H3,(H,31,32)(H,33,34)/b30-16+. The number of benzene rings is 3. The number of ether oxygens (including phenoxy) is 2. The maximum Gasteiger partial charge on any atom is 0.289 e. The first-order valence-electron chi connectivity index (χ1n) is 11.4. The smallest absolute Gasteiger partial charge is 0.289 e. The molecule has 0 unspecified atom stereocenters. The predicted molar refractivity (Wildman–Crippen MR) is 139 cm³/mol. The summed E-state index contributed by atoms with van der Waals surface area (Å²) in [5.74, 6) is 0.814. The molecule has 1 amide bonds. The first kappa shape index (κ1) is 22.9. The zero-order chi connectivity index (χ0) is 24.9. The Morgan fingerprint density at radius 3 is 2.72 bits per heavy atom. The largest absolute Gasteiger partial charge is 0.493 e. The van der Waals surface area contributed by atoms with Gasteiger partial charge in [0.25, 0.3) is 5.91 Å². The quantitative estimate of drug-likeness (QED) is 0.210. The van der Waals surface area contributed by atoms with Crippen molar-refractivity contribution in [1.82, 2.24) is 20.6 Å². The van der Waals surface area contributed by atoms with Crippen LogP contribution in [0.25, 0.3) is 22.2 Å². The van der Waals surface area contributed by atoms with E-state index in [4.69, 9.17) is 9.47 Å².